The molecule has 0 bridgehead atoms. The third-order valence-corrected chi connectivity index (χ3v) is 2.30. The molecule has 1 aliphatic heterocycles. The Morgan fingerprint density at radius 2 is 1.87 bits per heavy atom. The minimum Gasteiger partial charge on any atom is -0.326 e. The molecule has 1 heterocycles. The summed E-state index contributed by atoms with van der Waals surface area (Å²) >= 11 is 0. The van der Waals surface area contributed by atoms with Crippen molar-refractivity contribution in [1.29, 1.82) is 0 Å². The van der Waals surface area contributed by atoms with Crippen LogP contribution in [0.4, 0.5) is 0 Å². The molecular formula is C11H16N2O2. The molecule has 1 aliphatic rings. The number of nitrogens with zero attached hydrogens (tertiary/aromatic N) is 1. The van der Waals surface area contributed by atoms with E-state index in [1.807, 2.05) is 20.8 Å². The zero-order chi connectivity index (χ0) is 11.8. The summed E-state index contributed by atoms with van der Waals surface area (Å²) in [5, 5.41) is 0. The van der Waals surface area contributed by atoms with Gasteiger partial charge in [0.1, 0.15) is 0 Å². The number of carbonyl (C=O) groups is 2. The molecule has 4 heteroatoms. The molecule has 0 radical (unpaired) electrons. The molecule has 0 fully saturated rings. The van der Waals surface area contributed by atoms with Crippen LogP contribution in [0.25, 0.3) is 0 Å². The Hall–Kier alpha value is -1.42. The molecule has 2 amide bonds. The van der Waals surface area contributed by atoms with Gasteiger partial charge < -0.3 is 5.73 Å². The standard InChI is InChI=1S/C11H16N2O2/c1-5-7-8(6-12)10(15)13(9(7)14)11(2,3)4/h5H,1,6,12H2,2-4H3. The van der Waals surface area contributed by atoms with Crippen molar-refractivity contribution in [3.05, 3.63) is 23.8 Å². The molecule has 82 valence electrons. The third-order valence-electron chi connectivity index (χ3n) is 2.30. The van der Waals surface area contributed by atoms with Crippen molar-refractivity contribution in [2.75, 3.05) is 6.54 Å². The highest BCUT2D eigenvalue weighted by atomic mass is 16.2. The van der Waals surface area contributed by atoms with E-state index in [2.05, 4.69) is 6.58 Å². The Bertz CT molecular complexity index is 361. The zero-order valence-electron chi connectivity index (χ0n) is 9.33. The minimum atomic E-state index is -0.528. The first kappa shape index (κ1) is 11.7. The molecule has 1 rings (SSSR count). The van der Waals surface area contributed by atoms with Gasteiger partial charge in [0, 0.05) is 23.2 Å². The van der Waals surface area contributed by atoms with E-state index in [0.29, 0.717) is 11.1 Å². The van der Waals surface area contributed by atoms with E-state index in [-0.39, 0.29) is 18.4 Å². The van der Waals surface area contributed by atoms with Crippen LogP contribution >= 0.6 is 0 Å². The molecule has 2 N–H and O–H groups in total. The molecule has 0 saturated carbocycles. The Labute approximate surface area is 89.4 Å². The fourth-order valence-corrected chi connectivity index (χ4v) is 1.61. The minimum absolute atomic E-state index is 0.0680. The molecule has 0 aromatic rings. The van der Waals surface area contributed by atoms with Crippen molar-refractivity contribution >= 4 is 11.8 Å². The first-order valence-electron chi connectivity index (χ1n) is 4.79. The quantitative estimate of drug-likeness (QED) is 0.676. The SMILES string of the molecule is C=CC1=C(CN)C(=O)N(C(C)(C)C)C1=O. The summed E-state index contributed by atoms with van der Waals surface area (Å²) in [4.78, 5) is 25.0. The van der Waals surface area contributed by atoms with E-state index in [1.54, 1.807) is 0 Å². The topological polar surface area (TPSA) is 63.4 Å². The predicted octanol–water partition coefficient (Wildman–Crippen LogP) is 0.595. The smallest absolute Gasteiger partial charge is 0.261 e. The number of nitrogens with two attached hydrogens (primary N) is 1. The second-order valence-electron chi connectivity index (χ2n) is 4.42. The van der Waals surface area contributed by atoms with Gasteiger partial charge in [-0.05, 0) is 20.8 Å². The van der Waals surface area contributed by atoms with Crippen LogP contribution in [0.2, 0.25) is 0 Å². The van der Waals surface area contributed by atoms with Crippen LogP contribution in [0.1, 0.15) is 20.8 Å². The lowest BCUT2D eigenvalue weighted by molar-refractivity contribution is -0.142. The van der Waals surface area contributed by atoms with Gasteiger partial charge in [0.2, 0.25) is 0 Å². The number of imide groups is 1. The van der Waals surface area contributed by atoms with Gasteiger partial charge in [-0.25, -0.2) is 0 Å². The molecule has 0 atom stereocenters. The summed E-state index contributed by atoms with van der Waals surface area (Å²) in [6, 6.07) is 0. The van der Waals surface area contributed by atoms with Crippen LogP contribution in [-0.2, 0) is 9.59 Å². The molecule has 0 saturated heterocycles. The van der Waals surface area contributed by atoms with E-state index in [9.17, 15) is 9.59 Å². The van der Waals surface area contributed by atoms with E-state index in [0.717, 1.165) is 0 Å². The van der Waals surface area contributed by atoms with Gasteiger partial charge in [-0.2, -0.15) is 0 Å². The number of hydrogen-bond acceptors (Lipinski definition) is 3. The zero-order valence-corrected chi connectivity index (χ0v) is 9.33. The van der Waals surface area contributed by atoms with E-state index < -0.39 is 5.54 Å². The predicted molar refractivity (Wildman–Crippen MR) is 57.9 cm³/mol. The maximum atomic E-state index is 11.9. The normalized spacial score (nSPS) is 17.7. The van der Waals surface area contributed by atoms with E-state index >= 15 is 0 Å². The molecule has 0 aromatic carbocycles. The number of hydrogen-bond donors (Lipinski definition) is 1. The number of amides is 2. The van der Waals surface area contributed by atoms with Gasteiger partial charge >= 0.3 is 0 Å². The molecule has 15 heavy (non-hydrogen) atoms. The van der Waals surface area contributed by atoms with Gasteiger partial charge in [-0.3, -0.25) is 14.5 Å². The summed E-state index contributed by atoms with van der Waals surface area (Å²) in [5.74, 6) is -0.604. The highest BCUT2D eigenvalue weighted by molar-refractivity contribution is 6.21. The number of carbonyl (C=O) groups excluding carboxylic acids is 2. The third kappa shape index (κ3) is 1.72. The highest BCUT2D eigenvalue weighted by Gasteiger charge is 2.41. The Balaban J connectivity index is 3.22. The summed E-state index contributed by atoms with van der Waals surface area (Å²) in [7, 11) is 0. The molecule has 4 nitrogen and oxygen atoms in total. The second kappa shape index (κ2) is 3.62. The Morgan fingerprint density at radius 1 is 1.33 bits per heavy atom. The van der Waals surface area contributed by atoms with Gasteiger partial charge in [-0.15, -0.1) is 0 Å². The van der Waals surface area contributed by atoms with Crippen LogP contribution in [0.3, 0.4) is 0 Å². The van der Waals surface area contributed by atoms with Crippen LogP contribution in [0.5, 0.6) is 0 Å². The lowest BCUT2D eigenvalue weighted by atomic mass is 10.1. The Morgan fingerprint density at radius 3 is 2.13 bits per heavy atom. The summed E-state index contributed by atoms with van der Waals surface area (Å²) < 4.78 is 0. The summed E-state index contributed by atoms with van der Waals surface area (Å²) in [6.07, 6.45) is 1.40. The monoisotopic (exact) mass is 208 g/mol. The first-order valence-corrected chi connectivity index (χ1v) is 4.79. The van der Waals surface area contributed by atoms with Gasteiger partial charge in [0.15, 0.2) is 0 Å². The fraction of sp³-hybridized carbons (Fsp3) is 0.455. The van der Waals surface area contributed by atoms with Crippen molar-refractivity contribution in [2.45, 2.75) is 26.3 Å². The largest absolute Gasteiger partial charge is 0.326 e. The molecule has 0 unspecified atom stereocenters. The average Bonchev–Trinajstić information content (AvgIpc) is 2.35. The van der Waals surface area contributed by atoms with E-state index in [1.165, 1.54) is 11.0 Å². The van der Waals surface area contributed by atoms with Crippen molar-refractivity contribution < 1.29 is 9.59 Å². The van der Waals surface area contributed by atoms with Gasteiger partial charge in [0.25, 0.3) is 11.8 Å². The van der Waals surface area contributed by atoms with Gasteiger partial charge in [0.05, 0.1) is 0 Å². The van der Waals surface area contributed by atoms with Crippen LogP contribution in [0, 0.1) is 0 Å². The number of rotatable bonds is 2. The van der Waals surface area contributed by atoms with Crippen molar-refractivity contribution in [1.82, 2.24) is 4.90 Å². The molecular weight excluding hydrogens is 192 g/mol. The van der Waals surface area contributed by atoms with E-state index in [4.69, 9.17) is 5.73 Å². The molecule has 0 spiro atoms. The summed E-state index contributed by atoms with van der Waals surface area (Å²) in [6.45, 7) is 9.02. The first-order chi connectivity index (χ1) is 6.84. The van der Waals surface area contributed by atoms with Crippen molar-refractivity contribution in [2.24, 2.45) is 5.73 Å². The highest BCUT2D eigenvalue weighted by Crippen LogP contribution is 2.27. The second-order valence-corrected chi connectivity index (χ2v) is 4.42. The van der Waals surface area contributed by atoms with Crippen LogP contribution < -0.4 is 5.73 Å². The lowest BCUT2D eigenvalue weighted by Crippen LogP contribution is -2.46. The lowest BCUT2D eigenvalue weighted by Gasteiger charge is -2.30. The fourth-order valence-electron chi connectivity index (χ4n) is 1.61. The van der Waals surface area contributed by atoms with Crippen molar-refractivity contribution in [3.8, 4) is 0 Å². The summed E-state index contributed by atoms with van der Waals surface area (Å²) in [5.41, 5.74) is 5.61. The van der Waals surface area contributed by atoms with Crippen molar-refractivity contribution in [3.63, 3.8) is 0 Å². The maximum Gasteiger partial charge on any atom is 0.261 e. The maximum absolute atomic E-state index is 11.9. The van der Waals surface area contributed by atoms with Gasteiger partial charge in [-0.1, -0.05) is 12.7 Å². The molecule has 0 aromatic heterocycles. The van der Waals surface area contributed by atoms with Crippen LogP contribution in [-0.4, -0.2) is 28.8 Å². The van der Waals surface area contributed by atoms with Crippen LogP contribution in [0.15, 0.2) is 23.8 Å². The molecule has 0 aliphatic carbocycles. The Kier molecular flexibility index (Phi) is 2.81. The average molecular weight is 208 g/mol.